The van der Waals surface area contributed by atoms with Gasteiger partial charge in [0.05, 0.1) is 0 Å². The van der Waals surface area contributed by atoms with E-state index in [1.54, 1.807) is 6.92 Å². The van der Waals surface area contributed by atoms with Gasteiger partial charge in [-0.3, -0.25) is 0 Å². The van der Waals surface area contributed by atoms with Gasteiger partial charge < -0.3 is 11.1 Å². The Bertz CT molecular complexity index is 359. The van der Waals surface area contributed by atoms with E-state index in [4.69, 9.17) is 5.73 Å². The smallest absolute Gasteiger partial charge is 0.126 e. The highest BCUT2D eigenvalue weighted by molar-refractivity contribution is 5.23. The van der Waals surface area contributed by atoms with Gasteiger partial charge in [-0.1, -0.05) is 12.1 Å². The molecule has 15 heavy (non-hydrogen) atoms. The summed E-state index contributed by atoms with van der Waals surface area (Å²) >= 11 is 0. The SMILES string of the molecule is Cc1cc(CNCC2(N)CC2)ccc1F. The fourth-order valence-electron chi connectivity index (χ4n) is 1.61. The second-order valence-corrected chi connectivity index (χ2v) is 4.55. The van der Waals surface area contributed by atoms with Gasteiger partial charge >= 0.3 is 0 Å². The van der Waals surface area contributed by atoms with Crippen LogP contribution < -0.4 is 11.1 Å². The van der Waals surface area contributed by atoms with Gasteiger partial charge in [-0.05, 0) is 37.0 Å². The van der Waals surface area contributed by atoms with Crippen LogP contribution in [0.15, 0.2) is 18.2 Å². The lowest BCUT2D eigenvalue weighted by Crippen LogP contribution is -2.35. The molecular weight excluding hydrogens is 191 g/mol. The van der Waals surface area contributed by atoms with Crippen LogP contribution in [-0.2, 0) is 6.54 Å². The molecule has 0 amide bonds. The van der Waals surface area contributed by atoms with E-state index in [2.05, 4.69) is 5.32 Å². The largest absolute Gasteiger partial charge is 0.324 e. The van der Waals surface area contributed by atoms with Gasteiger partial charge in [0, 0.05) is 18.6 Å². The summed E-state index contributed by atoms with van der Waals surface area (Å²) in [6.07, 6.45) is 2.23. The van der Waals surface area contributed by atoms with Crippen molar-refractivity contribution in [2.75, 3.05) is 6.54 Å². The molecule has 0 saturated heterocycles. The Morgan fingerprint density at radius 3 is 2.80 bits per heavy atom. The molecule has 2 nitrogen and oxygen atoms in total. The molecule has 1 saturated carbocycles. The van der Waals surface area contributed by atoms with Crippen molar-refractivity contribution < 1.29 is 4.39 Å². The molecule has 1 aliphatic rings. The Morgan fingerprint density at radius 1 is 1.47 bits per heavy atom. The van der Waals surface area contributed by atoms with E-state index in [-0.39, 0.29) is 11.4 Å². The van der Waals surface area contributed by atoms with E-state index in [1.165, 1.54) is 6.07 Å². The Balaban J connectivity index is 1.85. The lowest BCUT2D eigenvalue weighted by atomic mass is 10.1. The minimum absolute atomic E-state index is 0.0368. The molecule has 0 aliphatic heterocycles. The number of benzene rings is 1. The minimum atomic E-state index is -0.142. The minimum Gasteiger partial charge on any atom is -0.324 e. The van der Waals surface area contributed by atoms with Crippen LogP contribution in [0, 0.1) is 12.7 Å². The van der Waals surface area contributed by atoms with Crippen molar-refractivity contribution in [3.63, 3.8) is 0 Å². The zero-order valence-corrected chi connectivity index (χ0v) is 9.02. The van der Waals surface area contributed by atoms with Gasteiger partial charge in [-0.15, -0.1) is 0 Å². The molecule has 1 aromatic carbocycles. The van der Waals surface area contributed by atoms with Gasteiger partial charge in [0.1, 0.15) is 5.82 Å². The fraction of sp³-hybridized carbons (Fsp3) is 0.500. The van der Waals surface area contributed by atoms with E-state index < -0.39 is 0 Å². The van der Waals surface area contributed by atoms with Crippen molar-refractivity contribution in [3.8, 4) is 0 Å². The highest BCUT2D eigenvalue weighted by Gasteiger charge is 2.37. The first-order chi connectivity index (χ1) is 7.09. The van der Waals surface area contributed by atoms with Crippen molar-refractivity contribution in [1.29, 1.82) is 0 Å². The molecule has 0 spiro atoms. The van der Waals surface area contributed by atoms with Crippen LogP contribution in [0.1, 0.15) is 24.0 Å². The van der Waals surface area contributed by atoms with Gasteiger partial charge in [0.25, 0.3) is 0 Å². The van der Waals surface area contributed by atoms with Crippen molar-refractivity contribution in [2.45, 2.75) is 31.8 Å². The molecule has 1 fully saturated rings. The molecule has 2 rings (SSSR count). The Labute approximate surface area is 89.7 Å². The first kappa shape index (κ1) is 10.6. The van der Waals surface area contributed by atoms with Crippen LogP contribution in [0.2, 0.25) is 0 Å². The molecule has 0 bridgehead atoms. The van der Waals surface area contributed by atoms with Crippen LogP contribution in [0.3, 0.4) is 0 Å². The monoisotopic (exact) mass is 208 g/mol. The van der Waals surface area contributed by atoms with Gasteiger partial charge in [-0.25, -0.2) is 4.39 Å². The Hall–Kier alpha value is -0.930. The van der Waals surface area contributed by atoms with Gasteiger partial charge in [0.2, 0.25) is 0 Å². The first-order valence-electron chi connectivity index (χ1n) is 5.34. The predicted octanol–water partition coefficient (Wildman–Crippen LogP) is 1.72. The molecule has 82 valence electrons. The quantitative estimate of drug-likeness (QED) is 0.790. The number of halogens is 1. The molecule has 0 aromatic heterocycles. The molecule has 3 heteroatoms. The standard InChI is InChI=1S/C12H17FN2/c1-9-6-10(2-3-11(9)13)7-15-8-12(14)4-5-12/h2-3,6,15H,4-5,7-8,14H2,1H3. The zero-order chi connectivity index (χ0) is 10.9. The zero-order valence-electron chi connectivity index (χ0n) is 9.02. The van der Waals surface area contributed by atoms with E-state index in [0.717, 1.165) is 31.5 Å². The van der Waals surface area contributed by atoms with Crippen LogP contribution in [-0.4, -0.2) is 12.1 Å². The topological polar surface area (TPSA) is 38.0 Å². The maximum Gasteiger partial charge on any atom is 0.126 e. The third kappa shape index (κ3) is 2.76. The summed E-state index contributed by atoms with van der Waals surface area (Å²) in [6.45, 7) is 3.40. The summed E-state index contributed by atoms with van der Waals surface area (Å²) in [7, 11) is 0. The van der Waals surface area contributed by atoms with Crippen LogP contribution in [0.5, 0.6) is 0 Å². The van der Waals surface area contributed by atoms with E-state index in [9.17, 15) is 4.39 Å². The summed E-state index contributed by atoms with van der Waals surface area (Å²) in [6, 6.07) is 5.20. The molecule has 3 N–H and O–H groups in total. The van der Waals surface area contributed by atoms with Crippen molar-refractivity contribution in [1.82, 2.24) is 5.32 Å². The van der Waals surface area contributed by atoms with Crippen LogP contribution in [0.25, 0.3) is 0 Å². The van der Waals surface area contributed by atoms with Gasteiger partial charge in [-0.2, -0.15) is 0 Å². The average Bonchev–Trinajstić information content (AvgIpc) is 2.90. The molecule has 1 aromatic rings. The number of nitrogens with two attached hydrogens (primary N) is 1. The van der Waals surface area contributed by atoms with Crippen molar-refractivity contribution in [2.24, 2.45) is 5.73 Å². The third-order valence-electron chi connectivity index (χ3n) is 2.92. The lowest BCUT2D eigenvalue weighted by molar-refractivity contribution is 0.567. The average molecular weight is 208 g/mol. The summed E-state index contributed by atoms with van der Waals surface area (Å²) in [4.78, 5) is 0. The van der Waals surface area contributed by atoms with Crippen LogP contribution >= 0.6 is 0 Å². The first-order valence-corrected chi connectivity index (χ1v) is 5.34. The van der Waals surface area contributed by atoms with E-state index >= 15 is 0 Å². The van der Waals surface area contributed by atoms with E-state index in [1.807, 2.05) is 12.1 Å². The maximum absolute atomic E-state index is 13.0. The number of nitrogens with one attached hydrogen (secondary N) is 1. The van der Waals surface area contributed by atoms with Crippen molar-refractivity contribution in [3.05, 3.63) is 35.1 Å². The number of rotatable bonds is 4. The summed E-state index contributed by atoms with van der Waals surface area (Å²) in [5, 5.41) is 3.30. The third-order valence-corrected chi connectivity index (χ3v) is 2.92. The summed E-state index contributed by atoms with van der Waals surface area (Å²) in [5.74, 6) is -0.142. The molecule has 0 radical (unpaired) electrons. The summed E-state index contributed by atoms with van der Waals surface area (Å²) in [5.41, 5.74) is 7.79. The highest BCUT2D eigenvalue weighted by atomic mass is 19.1. The highest BCUT2D eigenvalue weighted by Crippen LogP contribution is 2.31. The van der Waals surface area contributed by atoms with Gasteiger partial charge in [0.15, 0.2) is 0 Å². The van der Waals surface area contributed by atoms with E-state index in [0.29, 0.717) is 5.56 Å². The summed E-state index contributed by atoms with van der Waals surface area (Å²) < 4.78 is 13.0. The normalized spacial score (nSPS) is 17.8. The molecule has 0 unspecified atom stereocenters. The molecule has 0 atom stereocenters. The lowest BCUT2D eigenvalue weighted by Gasteiger charge is -2.10. The predicted molar refractivity (Wildman–Crippen MR) is 59.0 cm³/mol. The maximum atomic E-state index is 13.0. The number of hydrogen-bond acceptors (Lipinski definition) is 2. The number of aryl methyl sites for hydroxylation is 1. The van der Waals surface area contributed by atoms with Crippen LogP contribution in [0.4, 0.5) is 4.39 Å². The molecule has 1 aliphatic carbocycles. The molecular formula is C12H17FN2. The second kappa shape index (κ2) is 3.91. The fourth-order valence-corrected chi connectivity index (χ4v) is 1.61. The molecule has 0 heterocycles. The Kier molecular flexibility index (Phi) is 2.76. The Morgan fingerprint density at radius 2 is 2.20 bits per heavy atom. The second-order valence-electron chi connectivity index (χ2n) is 4.55. The van der Waals surface area contributed by atoms with Crippen molar-refractivity contribution >= 4 is 0 Å². The number of hydrogen-bond donors (Lipinski definition) is 2.